The van der Waals surface area contributed by atoms with Gasteiger partial charge in [-0.1, -0.05) is 17.7 Å². The van der Waals surface area contributed by atoms with Crippen molar-refractivity contribution in [2.45, 2.75) is 20.3 Å². The molecule has 2 N–H and O–H groups in total. The Morgan fingerprint density at radius 3 is 2.67 bits per heavy atom. The number of hydrazone groups is 1. The molecule has 2 rings (SSSR count). The third kappa shape index (κ3) is 5.86. The van der Waals surface area contributed by atoms with Crippen LogP contribution < -0.4 is 10.7 Å². The van der Waals surface area contributed by atoms with Crippen LogP contribution in [0.4, 0.5) is 11.5 Å². The first-order valence-corrected chi connectivity index (χ1v) is 8.15. The average molecular weight is 390 g/mol. The van der Waals surface area contributed by atoms with Crippen LogP contribution >= 0.6 is 11.6 Å². The van der Waals surface area contributed by atoms with Gasteiger partial charge in [-0.2, -0.15) is 5.10 Å². The van der Waals surface area contributed by atoms with Crippen LogP contribution in [0.2, 0.25) is 5.02 Å². The monoisotopic (exact) mass is 389 g/mol. The predicted molar refractivity (Wildman–Crippen MR) is 101 cm³/mol. The van der Waals surface area contributed by atoms with Crippen molar-refractivity contribution in [2.24, 2.45) is 5.10 Å². The van der Waals surface area contributed by atoms with Crippen LogP contribution in [0.1, 0.15) is 29.4 Å². The lowest BCUT2D eigenvalue weighted by Gasteiger charge is -2.06. The Morgan fingerprint density at radius 1 is 1.30 bits per heavy atom. The molecular weight excluding hydrogens is 374 g/mol. The number of pyridine rings is 1. The summed E-state index contributed by atoms with van der Waals surface area (Å²) in [6.45, 7) is 3.38. The molecular formula is C17H16ClN5O4. The fraction of sp³-hybridized carbons (Fsp3) is 0.176. The van der Waals surface area contributed by atoms with E-state index in [1.165, 1.54) is 12.1 Å². The topological polar surface area (TPSA) is 127 Å². The van der Waals surface area contributed by atoms with Gasteiger partial charge in [0.2, 0.25) is 5.91 Å². The molecule has 0 bridgehead atoms. The normalized spacial score (nSPS) is 11.0. The van der Waals surface area contributed by atoms with Crippen molar-refractivity contribution in [1.82, 2.24) is 10.4 Å². The lowest BCUT2D eigenvalue weighted by Crippen LogP contribution is -2.21. The first-order chi connectivity index (χ1) is 12.8. The third-order valence-electron chi connectivity index (χ3n) is 3.33. The number of nitrogens with zero attached hydrogens (tertiary/aromatic N) is 3. The number of rotatable bonds is 6. The fourth-order valence-electron chi connectivity index (χ4n) is 2.08. The highest BCUT2D eigenvalue weighted by Crippen LogP contribution is 2.24. The maximum Gasteiger partial charge on any atom is 0.287 e. The molecule has 0 spiro atoms. The number of benzene rings is 1. The number of halogens is 1. The number of aromatic nitrogens is 1. The van der Waals surface area contributed by atoms with E-state index in [0.29, 0.717) is 11.5 Å². The quantitative estimate of drug-likeness (QED) is 0.446. The Morgan fingerprint density at radius 2 is 2.04 bits per heavy atom. The Balaban J connectivity index is 1.94. The second kappa shape index (κ2) is 8.86. The largest absolute Gasteiger partial charge is 0.310 e. The maximum atomic E-state index is 12.0. The van der Waals surface area contributed by atoms with Crippen LogP contribution in [0.5, 0.6) is 0 Å². The van der Waals surface area contributed by atoms with Gasteiger partial charge in [-0.3, -0.25) is 19.7 Å². The van der Waals surface area contributed by atoms with Crippen molar-refractivity contribution >= 4 is 40.6 Å². The summed E-state index contributed by atoms with van der Waals surface area (Å²) in [6.07, 6.45) is -0.0447. The van der Waals surface area contributed by atoms with Gasteiger partial charge in [-0.15, -0.1) is 0 Å². The fourth-order valence-corrected chi connectivity index (χ4v) is 2.33. The minimum Gasteiger partial charge on any atom is -0.310 e. The van der Waals surface area contributed by atoms with Crippen LogP contribution in [0.25, 0.3) is 0 Å². The lowest BCUT2D eigenvalue weighted by atomic mass is 10.2. The van der Waals surface area contributed by atoms with Crippen molar-refractivity contribution in [2.75, 3.05) is 5.32 Å². The van der Waals surface area contributed by atoms with E-state index in [4.69, 9.17) is 11.6 Å². The molecule has 0 fully saturated rings. The summed E-state index contributed by atoms with van der Waals surface area (Å²) in [5.74, 6) is -0.508. The first kappa shape index (κ1) is 20.0. The van der Waals surface area contributed by atoms with Crippen LogP contribution in [-0.2, 0) is 4.79 Å². The predicted octanol–water partition coefficient (Wildman–Crippen LogP) is 3.09. The van der Waals surface area contributed by atoms with E-state index >= 15 is 0 Å². The van der Waals surface area contributed by atoms with E-state index < -0.39 is 10.8 Å². The van der Waals surface area contributed by atoms with E-state index in [9.17, 15) is 19.7 Å². The zero-order valence-corrected chi connectivity index (χ0v) is 15.3. The first-order valence-electron chi connectivity index (χ1n) is 7.77. The van der Waals surface area contributed by atoms with E-state index in [1.54, 1.807) is 19.1 Å². The standard InChI is InChI=1S/C17H16ClN5O4/c1-10-4-3-5-15(19-10)20-16(24)8-11(2)21-22-17(25)12-6-7-14(23(26)27)13(18)9-12/h3-7,9H,8H2,1-2H3,(H,22,25)(H,19,20,24)/b21-11+. The number of carbonyl (C=O) groups is 2. The number of hydrogen-bond acceptors (Lipinski definition) is 6. The number of anilines is 1. The molecule has 10 heteroatoms. The molecule has 140 valence electrons. The molecule has 0 radical (unpaired) electrons. The molecule has 1 heterocycles. The van der Waals surface area contributed by atoms with Gasteiger partial charge in [-0.05, 0) is 38.1 Å². The van der Waals surface area contributed by atoms with E-state index in [1.807, 2.05) is 13.0 Å². The van der Waals surface area contributed by atoms with Crippen LogP contribution in [-0.4, -0.2) is 27.4 Å². The molecule has 1 aromatic carbocycles. The second-order valence-electron chi connectivity index (χ2n) is 5.60. The van der Waals surface area contributed by atoms with Crippen LogP contribution in [0, 0.1) is 17.0 Å². The molecule has 0 atom stereocenters. The van der Waals surface area contributed by atoms with Gasteiger partial charge >= 0.3 is 0 Å². The number of amides is 2. The molecule has 1 aromatic heterocycles. The summed E-state index contributed by atoms with van der Waals surface area (Å²) >= 11 is 5.77. The van der Waals surface area contributed by atoms with Gasteiger partial charge in [0.25, 0.3) is 11.6 Å². The molecule has 2 aromatic rings. The Hall–Kier alpha value is -3.33. The lowest BCUT2D eigenvalue weighted by molar-refractivity contribution is -0.384. The smallest absolute Gasteiger partial charge is 0.287 e. The van der Waals surface area contributed by atoms with E-state index in [0.717, 1.165) is 11.8 Å². The average Bonchev–Trinajstić information content (AvgIpc) is 2.59. The highest BCUT2D eigenvalue weighted by Gasteiger charge is 2.15. The zero-order valence-electron chi connectivity index (χ0n) is 14.5. The molecule has 0 aliphatic rings. The molecule has 9 nitrogen and oxygen atoms in total. The summed E-state index contributed by atoms with van der Waals surface area (Å²) < 4.78 is 0. The number of nitrogens with one attached hydrogen (secondary N) is 2. The van der Waals surface area contributed by atoms with Crippen molar-refractivity contribution in [3.8, 4) is 0 Å². The Bertz CT molecular complexity index is 929. The number of aryl methyl sites for hydroxylation is 1. The van der Waals surface area contributed by atoms with Gasteiger partial charge in [0.15, 0.2) is 0 Å². The summed E-state index contributed by atoms with van der Waals surface area (Å²) in [6, 6.07) is 8.82. The second-order valence-corrected chi connectivity index (χ2v) is 6.01. The Kier molecular flexibility index (Phi) is 6.56. The van der Waals surface area contributed by atoms with E-state index in [2.05, 4.69) is 20.8 Å². The number of hydrogen-bond donors (Lipinski definition) is 2. The van der Waals surface area contributed by atoms with E-state index in [-0.39, 0.29) is 28.6 Å². The Labute approximate surface area is 159 Å². The molecule has 27 heavy (non-hydrogen) atoms. The SMILES string of the molecule is C/C(CC(=O)Nc1cccc(C)n1)=N\NC(=O)c1ccc([N+](=O)[O-])c(Cl)c1. The molecule has 0 saturated heterocycles. The van der Waals surface area contributed by atoms with Crippen LogP contribution in [0.3, 0.4) is 0 Å². The number of nitro groups is 1. The zero-order chi connectivity index (χ0) is 20.0. The number of nitro benzene ring substituents is 1. The molecule has 2 amide bonds. The molecule has 0 aliphatic heterocycles. The summed E-state index contributed by atoms with van der Waals surface area (Å²) in [5.41, 5.74) is 3.22. The van der Waals surface area contributed by atoms with Crippen molar-refractivity contribution in [3.63, 3.8) is 0 Å². The third-order valence-corrected chi connectivity index (χ3v) is 3.63. The number of carbonyl (C=O) groups excluding carboxylic acids is 2. The minimum absolute atomic E-state index is 0.0447. The highest BCUT2D eigenvalue weighted by molar-refractivity contribution is 6.33. The minimum atomic E-state index is -0.645. The summed E-state index contributed by atoms with van der Waals surface area (Å²) in [4.78, 5) is 38.3. The van der Waals surface area contributed by atoms with Crippen LogP contribution in [0.15, 0.2) is 41.5 Å². The summed E-state index contributed by atoms with van der Waals surface area (Å²) in [7, 11) is 0. The molecule has 0 aliphatic carbocycles. The van der Waals surface area contributed by atoms with Gasteiger partial charge < -0.3 is 5.32 Å². The molecule has 0 saturated carbocycles. The highest BCUT2D eigenvalue weighted by atomic mass is 35.5. The molecule has 0 unspecified atom stereocenters. The van der Waals surface area contributed by atoms with Gasteiger partial charge in [0.1, 0.15) is 10.8 Å². The van der Waals surface area contributed by atoms with Crippen molar-refractivity contribution in [1.29, 1.82) is 0 Å². The van der Waals surface area contributed by atoms with Gasteiger partial charge in [-0.25, -0.2) is 10.4 Å². The maximum absolute atomic E-state index is 12.0. The van der Waals surface area contributed by atoms with Gasteiger partial charge in [0.05, 0.1) is 11.3 Å². The van der Waals surface area contributed by atoms with Crippen molar-refractivity contribution in [3.05, 3.63) is 62.8 Å². The van der Waals surface area contributed by atoms with Crippen molar-refractivity contribution < 1.29 is 14.5 Å². The summed E-state index contributed by atoms with van der Waals surface area (Å²) in [5, 5.41) is 17.1. The van der Waals surface area contributed by atoms with Gasteiger partial charge in [0, 0.05) is 23.0 Å².